The SMILES string of the molecule is COc1ccc(CN2C(=O)[C@H](OC(C)=O)C[C@@H]2c2cccnc2)cc1. The van der Waals surface area contributed by atoms with Crippen molar-refractivity contribution >= 4 is 11.9 Å². The fraction of sp³-hybridized carbons (Fsp3) is 0.316. The van der Waals surface area contributed by atoms with Gasteiger partial charge in [0.1, 0.15) is 5.75 Å². The second-order valence-electron chi connectivity index (χ2n) is 5.95. The molecule has 1 aromatic heterocycles. The third-order valence-corrected chi connectivity index (χ3v) is 4.26. The molecule has 2 heterocycles. The highest BCUT2D eigenvalue weighted by molar-refractivity contribution is 5.86. The second kappa shape index (κ2) is 7.34. The van der Waals surface area contributed by atoms with E-state index in [2.05, 4.69) is 4.98 Å². The van der Waals surface area contributed by atoms with Gasteiger partial charge in [0.05, 0.1) is 13.2 Å². The third-order valence-electron chi connectivity index (χ3n) is 4.26. The lowest BCUT2D eigenvalue weighted by atomic mass is 10.1. The summed E-state index contributed by atoms with van der Waals surface area (Å²) in [6.07, 6.45) is 3.12. The topological polar surface area (TPSA) is 68.7 Å². The summed E-state index contributed by atoms with van der Waals surface area (Å²) in [6.45, 7) is 1.75. The van der Waals surface area contributed by atoms with E-state index in [1.165, 1.54) is 6.92 Å². The minimum absolute atomic E-state index is 0.173. The molecule has 0 unspecified atom stereocenters. The van der Waals surface area contributed by atoms with Crippen molar-refractivity contribution in [3.05, 3.63) is 59.9 Å². The van der Waals surface area contributed by atoms with Crippen molar-refractivity contribution in [2.45, 2.75) is 32.0 Å². The van der Waals surface area contributed by atoms with Gasteiger partial charge in [-0.25, -0.2) is 0 Å². The van der Waals surface area contributed by atoms with Crippen LogP contribution in [-0.2, 0) is 20.9 Å². The van der Waals surface area contributed by atoms with Crippen LogP contribution in [0.2, 0.25) is 0 Å². The van der Waals surface area contributed by atoms with Gasteiger partial charge < -0.3 is 14.4 Å². The zero-order chi connectivity index (χ0) is 17.8. The van der Waals surface area contributed by atoms with E-state index in [-0.39, 0.29) is 11.9 Å². The summed E-state index contributed by atoms with van der Waals surface area (Å²) in [6, 6.07) is 11.2. The molecule has 0 spiro atoms. The average molecular weight is 340 g/mol. The van der Waals surface area contributed by atoms with E-state index in [0.29, 0.717) is 13.0 Å². The van der Waals surface area contributed by atoms with Crippen LogP contribution < -0.4 is 4.74 Å². The molecule has 25 heavy (non-hydrogen) atoms. The van der Waals surface area contributed by atoms with Gasteiger partial charge in [0.15, 0.2) is 6.10 Å². The lowest BCUT2D eigenvalue weighted by Gasteiger charge is -2.24. The maximum Gasteiger partial charge on any atom is 0.303 e. The Hall–Kier alpha value is -2.89. The van der Waals surface area contributed by atoms with Crippen LogP contribution in [0.15, 0.2) is 48.8 Å². The largest absolute Gasteiger partial charge is 0.497 e. The smallest absolute Gasteiger partial charge is 0.303 e. The molecule has 0 aliphatic carbocycles. The second-order valence-corrected chi connectivity index (χ2v) is 5.95. The van der Waals surface area contributed by atoms with Gasteiger partial charge in [-0.1, -0.05) is 18.2 Å². The third kappa shape index (κ3) is 3.79. The lowest BCUT2D eigenvalue weighted by Crippen LogP contribution is -2.32. The minimum Gasteiger partial charge on any atom is -0.497 e. The molecule has 6 nitrogen and oxygen atoms in total. The molecule has 2 atom stereocenters. The predicted octanol–water partition coefficient (Wildman–Crippen LogP) is 2.50. The molecule has 0 bridgehead atoms. The van der Waals surface area contributed by atoms with Gasteiger partial charge in [-0.2, -0.15) is 0 Å². The number of esters is 1. The van der Waals surface area contributed by atoms with Crippen LogP contribution in [0.1, 0.15) is 30.5 Å². The molecule has 6 heteroatoms. The van der Waals surface area contributed by atoms with Crippen LogP contribution in [0.5, 0.6) is 5.75 Å². The number of pyridine rings is 1. The zero-order valence-electron chi connectivity index (χ0n) is 14.2. The van der Waals surface area contributed by atoms with Crippen molar-refractivity contribution in [2.24, 2.45) is 0 Å². The van der Waals surface area contributed by atoms with Gasteiger partial charge in [-0.15, -0.1) is 0 Å². The quantitative estimate of drug-likeness (QED) is 0.782. The van der Waals surface area contributed by atoms with Gasteiger partial charge in [0.25, 0.3) is 5.91 Å². The molecular formula is C19H20N2O4. The summed E-state index contributed by atoms with van der Waals surface area (Å²) in [7, 11) is 1.61. The van der Waals surface area contributed by atoms with Crippen LogP contribution in [-0.4, -0.2) is 35.0 Å². The van der Waals surface area contributed by atoms with E-state index in [9.17, 15) is 9.59 Å². The van der Waals surface area contributed by atoms with Gasteiger partial charge >= 0.3 is 5.97 Å². The van der Waals surface area contributed by atoms with Crippen molar-refractivity contribution in [3.63, 3.8) is 0 Å². The normalized spacial score (nSPS) is 19.8. The molecule has 0 radical (unpaired) electrons. The number of methoxy groups -OCH3 is 1. The number of amides is 1. The number of rotatable bonds is 5. The summed E-state index contributed by atoms with van der Waals surface area (Å²) in [5, 5.41) is 0. The number of nitrogens with zero attached hydrogens (tertiary/aromatic N) is 2. The highest BCUT2D eigenvalue weighted by atomic mass is 16.5. The molecule has 1 aliphatic rings. The Morgan fingerprint density at radius 1 is 1.28 bits per heavy atom. The van der Waals surface area contributed by atoms with E-state index >= 15 is 0 Å². The zero-order valence-corrected chi connectivity index (χ0v) is 14.2. The first kappa shape index (κ1) is 17.0. The van der Waals surface area contributed by atoms with E-state index in [1.807, 2.05) is 36.4 Å². The van der Waals surface area contributed by atoms with Crippen molar-refractivity contribution < 1.29 is 19.1 Å². The van der Waals surface area contributed by atoms with Crippen LogP contribution >= 0.6 is 0 Å². The first-order valence-electron chi connectivity index (χ1n) is 8.09. The number of carbonyl (C=O) groups excluding carboxylic acids is 2. The molecular weight excluding hydrogens is 320 g/mol. The minimum atomic E-state index is -0.749. The van der Waals surface area contributed by atoms with Crippen molar-refractivity contribution in [2.75, 3.05) is 7.11 Å². The Balaban J connectivity index is 1.85. The summed E-state index contributed by atoms with van der Waals surface area (Å²) < 4.78 is 10.4. The number of hydrogen-bond donors (Lipinski definition) is 0. The molecule has 1 aromatic carbocycles. The van der Waals surface area contributed by atoms with Gasteiger partial charge in [0.2, 0.25) is 0 Å². The lowest BCUT2D eigenvalue weighted by molar-refractivity contribution is -0.154. The Morgan fingerprint density at radius 3 is 2.64 bits per heavy atom. The maximum atomic E-state index is 12.8. The van der Waals surface area contributed by atoms with E-state index in [0.717, 1.165) is 16.9 Å². The molecule has 2 aromatic rings. The van der Waals surface area contributed by atoms with Crippen molar-refractivity contribution in [1.82, 2.24) is 9.88 Å². The fourth-order valence-corrected chi connectivity index (χ4v) is 3.07. The molecule has 1 fully saturated rings. The molecule has 0 saturated carbocycles. The Bertz CT molecular complexity index is 746. The molecule has 130 valence electrons. The summed E-state index contributed by atoms with van der Waals surface area (Å²) in [4.78, 5) is 29.9. The van der Waals surface area contributed by atoms with E-state index in [1.54, 1.807) is 24.4 Å². The first-order chi connectivity index (χ1) is 12.1. The van der Waals surface area contributed by atoms with Crippen molar-refractivity contribution in [3.8, 4) is 5.75 Å². The number of ether oxygens (including phenoxy) is 2. The maximum absolute atomic E-state index is 12.8. The Labute approximate surface area is 146 Å². The van der Waals surface area contributed by atoms with Crippen LogP contribution in [0.3, 0.4) is 0 Å². The molecule has 0 N–H and O–H groups in total. The monoisotopic (exact) mass is 340 g/mol. The number of hydrogen-bond acceptors (Lipinski definition) is 5. The summed E-state index contributed by atoms with van der Waals surface area (Å²) >= 11 is 0. The number of aromatic nitrogens is 1. The highest BCUT2D eigenvalue weighted by Crippen LogP contribution is 2.35. The molecule has 1 amide bonds. The number of carbonyl (C=O) groups is 2. The van der Waals surface area contributed by atoms with Gasteiger partial charge in [-0.3, -0.25) is 14.6 Å². The van der Waals surface area contributed by atoms with Crippen molar-refractivity contribution in [1.29, 1.82) is 0 Å². The fourth-order valence-electron chi connectivity index (χ4n) is 3.07. The number of likely N-dealkylation sites (tertiary alicyclic amines) is 1. The van der Waals surface area contributed by atoms with Crippen LogP contribution in [0.4, 0.5) is 0 Å². The van der Waals surface area contributed by atoms with Crippen LogP contribution in [0.25, 0.3) is 0 Å². The Kier molecular flexibility index (Phi) is 4.97. The number of benzene rings is 1. The van der Waals surface area contributed by atoms with Gasteiger partial charge in [-0.05, 0) is 29.3 Å². The Morgan fingerprint density at radius 2 is 2.04 bits per heavy atom. The first-order valence-corrected chi connectivity index (χ1v) is 8.09. The predicted molar refractivity (Wildman–Crippen MR) is 90.7 cm³/mol. The van der Waals surface area contributed by atoms with E-state index in [4.69, 9.17) is 9.47 Å². The average Bonchev–Trinajstić information content (AvgIpc) is 2.92. The summed E-state index contributed by atoms with van der Waals surface area (Å²) in [5.74, 6) is 0.132. The van der Waals surface area contributed by atoms with Gasteiger partial charge in [0, 0.05) is 32.3 Å². The van der Waals surface area contributed by atoms with E-state index < -0.39 is 12.1 Å². The highest BCUT2D eigenvalue weighted by Gasteiger charge is 2.42. The molecule has 1 aliphatic heterocycles. The summed E-state index contributed by atoms with van der Waals surface area (Å²) in [5.41, 5.74) is 1.91. The molecule has 3 rings (SSSR count). The standard InChI is InChI=1S/C19H20N2O4/c1-13(22)25-18-10-17(15-4-3-9-20-11-15)21(19(18)23)12-14-5-7-16(24-2)8-6-14/h3-9,11,17-18H,10,12H2,1-2H3/t17-,18-/m1/s1. The van der Waals surface area contributed by atoms with Crippen LogP contribution in [0, 0.1) is 0 Å². The molecule has 1 saturated heterocycles.